The Bertz CT molecular complexity index is 591. The number of aromatic nitrogens is 2. The third kappa shape index (κ3) is 2.82. The molecule has 20 heavy (non-hydrogen) atoms. The maximum atomic E-state index is 4.75. The van der Waals surface area contributed by atoms with Crippen LogP contribution in [0.25, 0.3) is 11.4 Å². The molecule has 0 atom stereocenters. The van der Waals surface area contributed by atoms with E-state index >= 15 is 0 Å². The van der Waals surface area contributed by atoms with Gasteiger partial charge in [-0.15, -0.1) is 0 Å². The van der Waals surface area contributed by atoms with Crippen molar-refractivity contribution in [3.8, 4) is 11.4 Å². The van der Waals surface area contributed by atoms with Crippen LogP contribution in [0.1, 0.15) is 37.6 Å². The van der Waals surface area contributed by atoms with Crippen molar-refractivity contribution in [1.82, 2.24) is 9.97 Å². The molecule has 0 radical (unpaired) electrons. The van der Waals surface area contributed by atoms with E-state index in [0.717, 1.165) is 42.3 Å². The Morgan fingerprint density at radius 3 is 2.40 bits per heavy atom. The molecule has 3 nitrogen and oxygen atoms in total. The predicted molar refractivity (Wildman–Crippen MR) is 85.1 cm³/mol. The van der Waals surface area contributed by atoms with E-state index in [9.17, 15) is 0 Å². The summed E-state index contributed by atoms with van der Waals surface area (Å²) in [6, 6.07) is 8.37. The molecule has 1 aromatic carbocycles. The van der Waals surface area contributed by atoms with Crippen molar-refractivity contribution >= 4 is 5.82 Å². The summed E-state index contributed by atoms with van der Waals surface area (Å²) in [7, 11) is 0. The summed E-state index contributed by atoms with van der Waals surface area (Å²) in [5.74, 6) is 1.80. The second kappa shape index (κ2) is 6.51. The lowest BCUT2D eigenvalue weighted by atomic mass is 10.0. The molecule has 2 aromatic rings. The Morgan fingerprint density at radius 1 is 1.00 bits per heavy atom. The van der Waals surface area contributed by atoms with Gasteiger partial charge in [-0.1, -0.05) is 38.1 Å². The minimum absolute atomic E-state index is 0.827. The molecule has 1 aromatic heterocycles. The standard InChI is InChI=1S/C17H23N3/c1-5-13-10-8-9-11-15(13)17-19-12(4)14(6-2)16(20-17)18-7-3/h8-11H,5-7H2,1-4H3,(H,18,19,20). The molecule has 1 heterocycles. The number of benzene rings is 1. The molecule has 0 bridgehead atoms. The number of hydrogen-bond donors (Lipinski definition) is 1. The van der Waals surface area contributed by atoms with Gasteiger partial charge in [0.15, 0.2) is 5.82 Å². The lowest BCUT2D eigenvalue weighted by Crippen LogP contribution is -2.08. The van der Waals surface area contributed by atoms with Crippen LogP contribution in [0, 0.1) is 6.92 Å². The van der Waals surface area contributed by atoms with Gasteiger partial charge < -0.3 is 5.32 Å². The van der Waals surface area contributed by atoms with E-state index in [1.54, 1.807) is 0 Å². The highest BCUT2D eigenvalue weighted by atomic mass is 15.0. The molecule has 0 unspecified atom stereocenters. The van der Waals surface area contributed by atoms with E-state index in [2.05, 4.69) is 51.2 Å². The second-order valence-corrected chi connectivity index (χ2v) is 4.85. The summed E-state index contributed by atoms with van der Waals surface area (Å²) in [4.78, 5) is 9.47. The summed E-state index contributed by atoms with van der Waals surface area (Å²) in [5.41, 5.74) is 4.71. The molecule has 0 fully saturated rings. The molecule has 106 valence electrons. The number of nitrogens with zero attached hydrogens (tertiary/aromatic N) is 2. The Labute approximate surface area is 121 Å². The van der Waals surface area contributed by atoms with Gasteiger partial charge in [0, 0.05) is 23.4 Å². The monoisotopic (exact) mass is 269 g/mol. The van der Waals surface area contributed by atoms with Gasteiger partial charge in [0.05, 0.1) is 0 Å². The van der Waals surface area contributed by atoms with Crippen LogP contribution < -0.4 is 5.32 Å². The average molecular weight is 269 g/mol. The number of rotatable bonds is 5. The molecule has 0 aliphatic carbocycles. The van der Waals surface area contributed by atoms with Crippen LogP contribution in [0.2, 0.25) is 0 Å². The fraction of sp³-hybridized carbons (Fsp3) is 0.412. The SMILES string of the molecule is CCNc1nc(-c2ccccc2CC)nc(C)c1CC. The van der Waals surface area contributed by atoms with Crippen LogP contribution >= 0.6 is 0 Å². The van der Waals surface area contributed by atoms with Gasteiger partial charge in [0.25, 0.3) is 0 Å². The van der Waals surface area contributed by atoms with Crippen molar-refractivity contribution in [2.45, 2.75) is 40.5 Å². The Kier molecular flexibility index (Phi) is 4.72. The normalized spacial score (nSPS) is 10.6. The molecule has 0 aliphatic heterocycles. The van der Waals surface area contributed by atoms with E-state index < -0.39 is 0 Å². The molecule has 2 rings (SSSR count). The van der Waals surface area contributed by atoms with Crippen molar-refractivity contribution in [3.05, 3.63) is 41.1 Å². The first kappa shape index (κ1) is 14.5. The van der Waals surface area contributed by atoms with Gasteiger partial charge in [0.2, 0.25) is 0 Å². The van der Waals surface area contributed by atoms with E-state index in [0.29, 0.717) is 0 Å². The summed E-state index contributed by atoms with van der Waals surface area (Å²) in [5, 5.41) is 3.36. The fourth-order valence-corrected chi connectivity index (χ4v) is 2.50. The van der Waals surface area contributed by atoms with Gasteiger partial charge in [-0.05, 0) is 32.3 Å². The number of anilines is 1. The highest BCUT2D eigenvalue weighted by molar-refractivity contribution is 5.63. The largest absolute Gasteiger partial charge is 0.370 e. The van der Waals surface area contributed by atoms with Crippen LogP contribution in [0.4, 0.5) is 5.82 Å². The summed E-state index contributed by atoms with van der Waals surface area (Å²) < 4.78 is 0. The number of aryl methyl sites for hydroxylation is 2. The molecular formula is C17H23N3. The molecule has 3 heteroatoms. The van der Waals surface area contributed by atoms with Crippen molar-refractivity contribution in [2.75, 3.05) is 11.9 Å². The number of hydrogen-bond acceptors (Lipinski definition) is 3. The highest BCUT2D eigenvalue weighted by Gasteiger charge is 2.12. The zero-order chi connectivity index (χ0) is 14.5. The van der Waals surface area contributed by atoms with Crippen molar-refractivity contribution in [3.63, 3.8) is 0 Å². The van der Waals surface area contributed by atoms with Gasteiger partial charge in [-0.25, -0.2) is 9.97 Å². The number of nitrogens with one attached hydrogen (secondary N) is 1. The lowest BCUT2D eigenvalue weighted by Gasteiger charge is -2.14. The maximum Gasteiger partial charge on any atom is 0.162 e. The van der Waals surface area contributed by atoms with Gasteiger partial charge in [-0.2, -0.15) is 0 Å². The molecule has 0 saturated heterocycles. The maximum absolute atomic E-state index is 4.75. The van der Waals surface area contributed by atoms with Crippen LogP contribution in [0.3, 0.4) is 0 Å². The van der Waals surface area contributed by atoms with E-state index in [1.165, 1.54) is 11.1 Å². The molecule has 0 amide bonds. The summed E-state index contributed by atoms with van der Waals surface area (Å²) >= 11 is 0. The topological polar surface area (TPSA) is 37.8 Å². The van der Waals surface area contributed by atoms with E-state index in [1.807, 2.05) is 6.07 Å². The zero-order valence-corrected chi connectivity index (χ0v) is 12.8. The third-order valence-corrected chi connectivity index (χ3v) is 3.55. The minimum Gasteiger partial charge on any atom is -0.370 e. The first-order valence-electron chi connectivity index (χ1n) is 7.40. The molecular weight excluding hydrogens is 246 g/mol. The summed E-state index contributed by atoms with van der Waals surface area (Å²) in [6.07, 6.45) is 1.94. The van der Waals surface area contributed by atoms with E-state index in [4.69, 9.17) is 9.97 Å². The molecule has 0 saturated carbocycles. The van der Waals surface area contributed by atoms with Crippen LogP contribution in [0.5, 0.6) is 0 Å². The van der Waals surface area contributed by atoms with E-state index in [-0.39, 0.29) is 0 Å². The lowest BCUT2D eigenvalue weighted by molar-refractivity contribution is 0.985. The zero-order valence-electron chi connectivity index (χ0n) is 12.8. The molecule has 0 aliphatic rings. The highest BCUT2D eigenvalue weighted by Crippen LogP contribution is 2.25. The summed E-state index contributed by atoms with van der Waals surface area (Å²) in [6.45, 7) is 9.35. The van der Waals surface area contributed by atoms with Crippen molar-refractivity contribution in [1.29, 1.82) is 0 Å². The van der Waals surface area contributed by atoms with Gasteiger partial charge in [-0.3, -0.25) is 0 Å². The Morgan fingerprint density at radius 2 is 1.75 bits per heavy atom. The smallest absolute Gasteiger partial charge is 0.162 e. The first-order chi connectivity index (χ1) is 9.71. The molecule has 0 spiro atoms. The second-order valence-electron chi connectivity index (χ2n) is 4.85. The minimum atomic E-state index is 0.827. The predicted octanol–water partition coefficient (Wildman–Crippen LogP) is 4.01. The first-order valence-corrected chi connectivity index (χ1v) is 7.40. The van der Waals surface area contributed by atoms with Crippen LogP contribution in [0.15, 0.2) is 24.3 Å². The fourth-order valence-electron chi connectivity index (χ4n) is 2.50. The van der Waals surface area contributed by atoms with Gasteiger partial charge in [0.1, 0.15) is 5.82 Å². The van der Waals surface area contributed by atoms with Gasteiger partial charge >= 0.3 is 0 Å². The van der Waals surface area contributed by atoms with Crippen LogP contribution in [-0.4, -0.2) is 16.5 Å². The van der Waals surface area contributed by atoms with Crippen LogP contribution in [-0.2, 0) is 12.8 Å². The van der Waals surface area contributed by atoms with Crippen molar-refractivity contribution < 1.29 is 0 Å². The third-order valence-electron chi connectivity index (χ3n) is 3.55. The molecule has 1 N–H and O–H groups in total. The quantitative estimate of drug-likeness (QED) is 0.891. The van der Waals surface area contributed by atoms with Crippen molar-refractivity contribution in [2.24, 2.45) is 0 Å². The Balaban J connectivity index is 2.57. The Hall–Kier alpha value is -1.90. The average Bonchev–Trinajstić information content (AvgIpc) is 2.47.